The van der Waals surface area contributed by atoms with Gasteiger partial charge in [-0.25, -0.2) is 4.39 Å². The van der Waals surface area contributed by atoms with Crippen LogP contribution in [0.1, 0.15) is 22.8 Å². The monoisotopic (exact) mass is 300 g/mol. The summed E-state index contributed by atoms with van der Waals surface area (Å²) >= 11 is 5.70. The highest BCUT2D eigenvalue weighted by Gasteiger charge is 2.17. The van der Waals surface area contributed by atoms with Gasteiger partial charge in [-0.05, 0) is 46.5 Å². The lowest BCUT2D eigenvalue weighted by molar-refractivity contribution is 0.220. The van der Waals surface area contributed by atoms with Crippen LogP contribution in [0.15, 0.2) is 54.6 Å². The molecule has 0 saturated heterocycles. The lowest BCUT2D eigenvalue weighted by Gasteiger charge is -2.17. The molecule has 0 spiro atoms. The predicted octanol–water partition coefficient (Wildman–Crippen LogP) is 5.02. The Balaban J connectivity index is 2.19. The fourth-order valence-electron chi connectivity index (χ4n) is 2.62. The van der Waals surface area contributed by atoms with Crippen LogP contribution in [-0.4, -0.2) is 5.11 Å². The normalized spacial score (nSPS) is 12.6. The number of hydrogen-bond donors (Lipinski definition) is 1. The molecule has 0 fully saturated rings. The van der Waals surface area contributed by atoms with E-state index >= 15 is 0 Å². The second kappa shape index (κ2) is 5.47. The van der Waals surface area contributed by atoms with Gasteiger partial charge in [0.1, 0.15) is 11.9 Å². The number of halogens is 2. The van der Waals surface area contributed by atoms with E-state index in [1.165, 1.54) is 12.1 Å². The summed E-state index contributed by atoms with van der Waals surface area (Å²) in [6.07, 6.45) is -0.886. The number of aliphatic hydroxyl groups excluding tert-OH is 1. The number of rotatable bonds is 2. The molecule has 3 aromatic rings. The van der Waals surface area contributed by atoms with Gasteiger partial charge in [0.25, 0.3) is 0 Å². The standard InChI is InChI=1S/C18H14ClFO/c1-11-6-7-12-4-2-3-5-14(12)17(11)18(21)13-8-9-15(19)16(20)10-13/h2-10,18,21H,1H3. The maximum atomic E-state index is 13.6. The second-order valence-electron chi connectivity index (χ2n) is 5.09. The molecule has 106 valence electrons. The van der Waals surface area contributed by atoms with Gasteiger partial charge >= 0.3 is 0 Å². The molecule has 0 amide bonds. The third kappa shape index (κ3) is 2.53. The summed E-state index contributed by atoms with van der Waals surface area (Å²) in [6.45, 7) is 1.94. The van der Waals surface area contributed by atoms with Gasteiger partial charge in [0, 0.05) is 0 Å². The zero-order valence-corrected chi connectivity index (χ0v) is 12.2. The lowest BCUT2D eigenvalue weighted by atomic mass is 9.92. The Morgan fingerprint density at radius 3 is 2.57 bits per heavy atom. The molecule has 0 saturated carbocycles. The molecule has 1 N–H and O–H groups in total. The molecular formula is C18H14ClFO. The van der Waals surface area contributed by atoms with Crippen molar-refractivity contribution in [1.29, 1.82) is 0 Å². The SMILES string of the molecule is Cc1ccc2ccccc2c1C(O)c1ccc(Cl)c(F)c1. The zero-order chi connectivity index (χ0) is 15.0. The van der Waals surface area contributed by atoms with Gasteiger partial charge in [0.15, 0.2) is 0 Å². The highest BCUT2D eigenvalue weighted by molar-refractivity contribution is 6.30. The molecule has 0 aliphatic rings. The highest BCUT2D eigenvalue weighted by atomic mass is 35.5. The van der Waals surface area contributed by atoms with Gasteiger partial charge in [-0.3, -0.25) is 0 Å². The maximum absolute atomic E-state index is 13.6. The molecule has 21 heavy (non-hydrogen) atoms. The summed E-state index contributed by atoms with van der Waals surface area (Å²) in [5.41, 5.74) is 2.27. The van der Waals surface area contributed by atoms with Gasteiger partial charge in [-0.15, -0.1) is 0 Å². The number of fused-ring (bicyclic) bond motifs is 1. The van der Waals surface area contributed by atoms with Crippen molar-refractivity contribution in [1.82, 2.24) is 0 Å². The Kier molecular flexibility index (Phi) is 3.66. The van der Waals surface area contributed by atoms with Crippen molar-refractivity contribution >= 4 is 22.4 Å². The topological polar surface area (TPSA) is 20.2 Å². The van der Waals surface area contributed by atoms with E-state index in [2.05, 4.69) is 0 Å². The molecule has 0 aliphatic heterocycles. The first-order chi connectivity index (χ1) is 10.1. The van der Waals surface area contributed by atoms with Crippen LogP contribution in [0.3, 0.4) is 0 Å². The van der Waals surface area contributed by atoms with Crippen LogP contribution in [0.2, 0.25) is 5.02 Å². The Bertz CT molecular complexity index is 813. The zero-order valence-electron chi connectivity index (χ0n) is 11.5. The smallest absolute Gasteiger partial charge is 0.142 e. The average molecular weight is 301 g/mol. The van der Waals surface area contributed by atoms with Gasteiger partial charge in [0.05, 0.1) is 5.02 Å². The molecule has 0 bridgehead atoms. The van der Waals surface area contributed by atoms with Crippen LogP contribution in [0.5, 0.6) is 0 Å². The van der Waals surface area contributed by atoms with Crippen LogP contribution in [0, 0.1) is 12.7 Å². The molecule has 1 nitrogen and oxygen atoms in total. The minimum absolute atomic E-state index is 0.0561. The van der Waals surface area contributed by atoms with Gasteiger partial charge < -0.3 is 5.11 Å². The van der Waals surface area contributed by atoms with E-state index in [1.54, 1.807) is 6.07 Å². The third-order valence-electron chi connectivity index (χ3n) is 3.72. The number of benzene rings is 3. The predicted molar refractivity (Wildman–Crippen MR) is 84.2 cm³/mol. The van der Waals surface area contributed by atoms with Crippen LogP contribution < -0.4 is 0 Å². The van der Waals surface area contributed by atoms with E-state index in [-0.39, 0.29) is 5.02 Å². The Labute approximate surface area is 127 Å². The summed E-state index contributed by atoms with van der Waals surface area (Å²) < 4.78 is 13.6. The number of aliphatic hydroxyl groups is 1. The van der Waals surface area contributed by atoms with Crippen molar-refractivity contribution in [3.05, 3.63) is 82.1 Å². The summed E-state index contributed by atoms with van der Waals surface area (Å²) in [7, 11) is 0. The van der Waals surface area contributed by atoms with E-state index in [9.17, 15) is 9.50 Å². The van der Waals surface area contributed by atoms with Crippen molar-refractivity contribution in [2.24, 2.45) is 0 Å². The molecule has 1 atom stereocenters. The first-order valence-corrected chi connectivity index (χ1v) is 7.07. The molecule has 0 aromatic heterocycles. The van der Waals surface area contributed by atoms with Crippen molar-refractivity contribution in [2.45, 2.75) is 13.0 Å². The van der Waals surface area contributed by atoms with E-state index in [1.807, 2.05) is 43.3 Å². The van der Waals surface area contributed by atoms with Crippen LogP contribution in [-0.2, 0) is 0 Å². The number of hydrogen-bond acceptors (Lipinski definition) is 1. The molecule has 0 aliphatic carbocycles. The van der Waals surface area contributed by atoms with Crippen molar-refractivity contribution in [3.63, 3.8) is 0 Å². The quantitative estimate of drug-likeness (QED) is 0.704. The minimum atomic E-state index is -0.886. The Morgan fingerprint density at radius 2 is 1.81 bits per heavy atom. The highest BCUT2D eigenvalue weighted by Crippen LogP contribution is 2.32. The Hall–Kier alpha value is -1.90. The largest absolute Gasteiger partial charge is 0.384 e. The van der Waals surface area contributed by atoms with E-state index in [0.29, 0.717) is 5.56 Å². The van der Waals surface area contributed by atoms with Crippen molar-refractivity contribution < 1.29 is 9.50 Å². The maximum Gasteiger partial charge on any atom is 0.142 e. The van der Waals surface area contributed by atoms with E-state index in [4.69, 9.17) is 11.6 Å². The van der Waals surface area contributed by atoms with E-state index in [0.717, 1.165) is 21.9 Å². The average Bonchev–Trinajstić information content (AvgIpc) is 2.49. The van der Waals surface area contributed by atoms with Crippen molar-refractivity contribution in [2.75, 3.05) is 0 Å². The molecule has 3 rings (SSSR count). The number of aryl methyl sites for hydroxylation is 1. The molecule has 0 radical (unpaired) electrons. The van der Waals surface area contributed by atoms with Crippen LogP contribution in [0.4, 0.5) is 4.39 Å². The second-order valence-corrected chi connectivity index (χ2v) is 5.50. The molecule has 1 unspecified atom stereocenters. The van der Waals surface area contributed by atoms with Crippen molar-refractivity contribution in [3.8, 4) is 0 Å². The molecule has 0 heterocycles. The van der Waals surface area contributed by atoms with Crippen LogP contribution >= 0.6 is 11.6 Å². The molecule has 3 aromatic carbocycles. The summed E-state index contributed by atoms with van der Waals surface area (Å²) in [6, 6.07) is 16.2. The van der Waals surface area contributed by atoms with Gasteiger partial charge in [0.2, 0.25) is 0 Å². The fraction of sp³-hybridized carbons (Fsp3) is 0.111. The summed E-state index contributed by atoms with van der Waals surface area (Å²) in [4.78, 5) is 0. The third-order valence-corrected chi connectivity index (χ3v) is 4.03. The minimum Gasteiger partial charge on any atom is -0.384 e. The van der Waals surface area contributed by atoms with Gasteiger partial charge in [-0.1, -0.05) is 54.1 Å². The summed E-state index contributed by atoms with van der Waals surface area (Å²) in [5, 5.41) is 12.8. The Morgan fingerprint density at radius 1 is 1.05 bits per heavy atom. The molecule has 3 heteroatoms. The molecular weight excluding hydrogens is 287 g/mol. The first-order valence-electron chi connectivity index (χ1n) is 6.69. The van der Waals surface area contributed by atoms with Gasteiger partial charge in [-0.2, -0.15) is 0 Å². The first kappa shape index (κ1) is 14.1. The van der Waals surface area contributed by atoms with E-state index < -0.39 is 11.9 Å². The fourth-order valence-corrected chi connectivity index (χ4v) is 2.73. The lowest BCUT2D eigenvalue weighted by Crippen LogP contribution is -2.03. The van der Waals surface area contributed by atoms with Crippen LogP contribution in [0.25, 0.3) is 10.8 Å². The summed E-state index contributed by atoms with van der Waals surface area (Å²) in [5.74, 6) is -0.522.